The van der Waals surface area contributed by atoms with Gasteiger partial charge in [-0.05, 0) is 34.2 Å². The van der Waals surface area contributed by atoms with Gasteiger partial charge >= 0.3 is 0 Å². The maximum absolute atomic E-state index is 5.84. The largest absolute Gasteiger partial charge is 0.553 e. The van der Waals surface area contributed by atoms with Gasteiger partial charge in [-0.2, -0.15) is 0 Å². The summed E-state index contributed by atoms with van der Waals surface area (Å²) in [6.07, 6.45) is 0. The lowest BCUT2D eigenvalue weighted by molar-refractivity contribution is 0.618. The van der Waals surface area contributed by atoms with E-state index in [-0.39, 0.29) is 0 Å². The Labute approximate surface area is 141 Å². The summed E-state index contributed by atoms with van der Waals surface area (Å²) >= 11 is 0. The van der Waals surface area contributed by atoms with E-state index in [1.807, 2.05) is 0 Å². The first-order valence-corrected chi connectivity index (χ1v) is 8.85. The summed E-state index contributed by atoms with van der Waals surface area (Å²) in [7, 11) is 0.681. The first kappa shape index (κ1) is 15.6. The first-order valence-electron chi connectivity index (χ1n) is 8.04. The van der Waals surface area contributed by atoms with Gasteiger partial charge in [-0.3, -0.25) is 0 Å². The highest BCUT2D eigenvalue weighted by Gasteiger charge is 2.18. The minimum absolute atomic E-state index is 0.454. The fourth-order valence-corrected chi connectivity index (χ4v) is 3.40. The summed E-state index contributed by atoms with van der Waals surface area (Å²) in [5, 5.41) is 0. The van der Waals surface area contributed by atoms with Crippen molar-refractivity contribution in [2.24, 2.45) is 0 Å². The van der Waals surface area contributed by atoms with E-state index in [4.69, 9.17) is 4.43 Å². The molecule has 23 heavy (non-hydrogen) atoms. The van der Waals surface area contributed by atoms with Crippen LogP contribution in [0.2, 0.25) is 0 Å². The maximum Gasteiger partial charge on any atom is 0.204 e. The van der Waals surface area contributed by atoms with Crippen molar-refractivity contribution >= 4 is 10.5 Å². The van der Waals surface area contributed by atoms with Gasteiger partial charge < -0.3 is 4.43 Å². The Balaban J connectivity index is 2.37. The van der Waals surface area contributed by atoms with Gasteiger partial charge in [0.05, 0.1) is 0 Å². The average Bonchev–Trinajstić information content (AvgIpc) is 2.61. The first-order chi connectivity index (χ1) is 11.2. The van der Waals surface area contributed by atoms with Gasteiger partial charge in [-0.15, -0.1) is 0 Å². The van der Waals surface area contributed by atoms with Gasteiger partial charge in [0.25, 0.3) is 0 Å². The summed E-state index contributed by atoms with van der Waals surface area (Å²) in [6.45, 7) is 4.50. The molecule has 0 aliphatic heterocycles. The monoisotopic (exact) mass is 318 g/mol. The van der Waals surface area contributed by atoms with Crippen molar-refractivity contribution in [1.82, 2.24) is 0 Å². The maximum atomic E-state index is 5.84. The Morgan fingerprint density at radius 2 is 1.22 bits per heavy atom. The van der Waals surface area contributed by atoms with Crippen LogP contribution in [0.3, 0.4) is 0 Å². The van der Waals surface area contributed by atoms with E-state index in [0.717, 1.165) is 5.75 Å². The Bertz CT molecular complexity index is 780. The second kappa shape index (κ2) is 6.84. The van der Waals surface area contributed by atoms with Crippen LogP contribution in [-0.4, -0.2) is 10.5 Å². The Kier molecular flexibility index (Phi) is 4.63. The molecule has 0 radical (unpaired) electrons. The lowest BCUT2D eigenvalue weighted by atomic mass is 9.86. The summed E-state index contributed by atoms with van der Waals surface area (Å²) in [5.41, 5.74) is 6.31. The Hall–Kier alpha value is -2.32. The van der Waals surface area contributed by atoms with E-state index in [1.165, 1.54) is 27.8 Å². The third-order valence-electron chi connectivity index (χ3n) is 4.17. The normalized spacial score (nSPS) is 10.9. The fraction of sp³-hybridized carbons (Fsp3) is 0.143. The lowest BCUT2D eigenvalue weighted by Crippen LogP contribution is -1.99. The molecule has 0 spiro atoms. The van der Waals surface area contributed by atoms with Crippen molar-refractivity contribution in [3.63, 3.8) is 0 Å². The van der Waals surface area contributed by atoms with Crippen molar-refractivity contribution < 1.29 is 4.43 Å². The van der Waals surface area contributed by atoms with Crippen molar-refractivity contribution in [2.45, 2.75) is 19.8 Å². The SMILES string of the molecule is CC(C)c1ccc(O[SiH3])c(-c2ccccc2)c1-c1ccccc1. The molecule has 0 aliphatic rings. The van der Waals surface area contributed by atoms with Crippen molar-refractivity contribution in [3.8, 4) is 28.0 Å². The van der Waals surface area contributed by atoms with E-state index < -0.39 is 0 Å². The van der Waals surface area contributed by atoms with Gasteiger partial charge in [0.15, 0.2) is 0 Å². The molecule has 0 fully saturated rings. The predicted molar refractivity (Wildman–Crippen MR) is 102 cm³/mol. The molecule has 0 heterocycles. The number of rotatable bonds is 4. The van der Waals surface area contributed by atoms with E-state index in [1.54, 1.807) is 0 Å². The summed E-state index contributed by atoms with van der Waals surface area (Å²) in [5.74, 6) is 1.43. The highest BCUT2D eigenvalue weighted by molar-refractivity contribution is 6.02. The van der Waals surface area contributed by atoms with E-state index >= 15 is 0 Å². The zero-order chi connectivity index (χ0) is 16.2. The van der Waals surface area contributed by atoms with Crippen LogP contribution in [0.1, 0.15) is 25.3 Å². The predicted octanol–water partition coefficient (Wildman–Crippen LogP) is 4.80. The molecule has 0 N–H and O–H groups in total. The van der Waals surface area contributed by atoms with Gasteiger partial charge in [-0.1, -0.05) is 80.6 Å². The van der Waals surface area contributed by atoms with E-state index in [0.29, 0.717) is 16.4 Å². The van der Waals surface area contributed by atoms with Crippen LogP contribution in [0.25, 0.3) is 22.3 Å². The molecule has 2 heteroatoms. The Morgan fingerprint density at radius 3 is 1.70 bits per heavy atom. The molecule has 116 valence electrons. The number of benzene rings is 3. The van der Waals surface area contributed by atoms with Gasteiger partial charge in [0, 0.05) is 5.56 Å². The molecule has 3 rings (SSSR count). The highest BCUT2D eigenvalue weighted by atomic mass is 28.2. The topological polar surface area (TPSA) is 9.23 Å². The molecule has 0 aliphatic carbocycles. The molecule has 0 unspecified atom stereocenters. The number of hydrogen-bond acceptors (Lipinski definition) is 1. The van der Waals surface area contributed by atoms with Crippen LogP contribution < -0.4 is 4.43 Å². The van der Waals surface area contributed by atoms with Crippen molar-refractivity contribution in [1.29, 1.82) is 0 Å². The van der Waals surface area contributed by atoms with E-state index in [2.05, 4.69) is 86.6 Å². The highest BCUT2D eigenvalue weighted by Crippen LogP contribution is 2.43. The molecule has 0 saturated heterocycles. The van der Waals surface area contributed by atoms with E-state index in [9.17, 15) is 0 Å². The van der Waals surface area contributed by atoms with Gasteiger partial charge in [0.2, 0.25) is 10.5 Å². The second-order valence-corrected chi connectivity index (χ2v) is 6.40. The van der Waals surface area contributed by atoms with Crippen LogP contribution in [0, 0.1) is 0 Å². The van der Waals surface area contributed by atoms with Crippen LogP contribution in [-0.2, 0) is 0 Å². The summed E-state index contributed by atoms with van der Waals surface area (Å²) in [4.78, 5) is 0. The van der Waals surface area contributed by atoms with Gasteiger partial charge in [0.1, 0.15) is 5.75 Å². The second-order valence-electron chi connectivity index (χ2n) is 5.99. The van der Waals surface area contributed by atoms with Crippen LogP contribution in [0.5, 0.6) is 5.75 Å². The molecule has 1 nitrogen and oxygen atoms in total. The Morgan fingerprint density at radius 1 is 0.696 bits per heavy atom. The quantitative estimate of drug-likeness (QED) is 0.628. The summed E-state index contributed by atoms with van der Waals surface area (Å²) < 4.78 is 5.84. The zero-order valence-electron chi connectivity index (χ0n) is 13.9. The molecule has 0 amide bonds. The molecule has 0 atom stereocenters. The lowest BCUT2D eigenvalue weighted by Gasteiger charge is -2.21. The molecule has 3 aromatic rings. The minimum atomic E-state index is 0.454. The third kappa shape index (κ3) is 3.08. The molecule has 0 bridgehead atoms. The zero-order valence-corrected chi connectivity index (χ0v) is 15.9. The van der Waals surface area contributed by atoms with Crippen LogP contribution in [0.15, 0.2) is 72.8 Å². The average molecular weight is 318 g/mol. The van der Waals surface area contributed by atoms with Crippen molar-refractivity contribution in [3.05, 3.63) is 78.4 Å². The summed E-state index contributed by atoms with van der Waals surface area (Å²) in [6, 6.07) is 25.5. The molecule has 0 aromatic heterocycles. The smallest absolute Gasteiger partial charge is 0.204 e. The molecular weight excluding hydrogens is 296 g/mol. The molecule has 0 saturated carbocycles. The third-order valence-corrected chi connectivity index (χ3v) is 4.61. The minimum Gasteiger partial charge on any atom is -0.553 e. The van der Waals surface area contributed by atoms with Crippen LogP contribution >= 0.6 is 0 Å². The van der Waals surface area contributed by atoms with Gasteiger partial charge in [-0.25, -0.2) is 0 Å². The molecular formula is C21H22OSi. The van der Waals surface area contributed by atoms with Crippen molar-refractivity contribution in [2.75, 3.05) is 0 Å². The fourth-order valence-electron chi connectivity index (χ4n) is 3.06. The standard InChI is InChI=1S/C21H22OSi/c1-15(2)18-13-14-19(22-23)21(17-11-7-4-8-12-17)20(18)16-9-5-3-6-10-16/h3-15H,1-2,23H3. The number of hydrogen-bond donors (Lipinski definition) is 0. The van der Waals surface area contributed by atoms with Crippen LogP contribution in [0.4, 0.5) is 0 Å². The molecule has 3 aromatic carbocycles.